The molecule has 2 rings (SSSR count). The lowest BCUT2D eigenvalue weighted by Gasteiger charge is -2.22. The highest BCUT2D eigenvalue weighted by Crippen LogP contribution is 2.28. The Morgan fingerprint density at radius 3 is 2.48 bits per heavy atom. The van der Waals surface area contributed by atoms with E-state index in [-0.39, 0.29) is 29.9 Å². The number of rotatable bonds is 6. The maximum absolute atomic E-state index is 10.2. The van der Waals surface area contributed by atoms with Gasteiger partial charge in [-0.2, -0.15) is 0 Å². The molecule has 2 unspecified atom stereocenters. The summed E-state index contributed by atoms with van der Waals surface area (Å²) in [6, 6.07) is 4.31. The molecular weight excluding hydrogens is 292 g/mol. The van der Waals surface area contributed by atoms with E-state index >= 15 is 0 Å². The van der Waals surface area contributed by atoms with Gasteiger partial charge in [-0.05, 0) is 50.6 Å². The quantitative estimate of drug-likeness (QED) is 0.600. The minimum absolute atomic E-state index is 0. The molecule has 0 radical (unpaired) electrons. The van der Waals surface area contributed by atoms with Crippen LogP contribution >= 0.6 is 12.4 Å². The van der Waals surface area contributed by atoms with Crippen molar-refractivity contribution in [3.8, 4) is 11.5 Å². The van der Waals surface area contributed by atoms with Gasteiger partial charge >= 0.3 is 0 Å². The number of phenols is 2. The molecule has 1 aromatic rings. The molecule has 0 bridgehead atoms. The number of hydrogen-bond donors (Lipinski definition) is 4. The van der Waals surface area contributed by atoms with Crippen molar-refractivity contribution in [1.29, 1.82) is 0 Å². The van der Waals surface area contributed by atoms with Crippen molar-refractivity contribution in [2.24, 2.45) is 0 Å². The van der Waals surface area contributed by atoms with Gasteiger partial charge in [0.1, 0.15) is 0 Å². The lowest BCUT2D eigenvalue weighted by atomic mass is 10.0. The Kier molecular flexibility index (Phi) is 7.25. The number of halogens is 1. The van der Waals surface area contributed by atoms with Gasteiger partial charge in [-0.1, -0.05) is 6.07 Å². The molecule has 5 nitrogen and oxygen atoms in total. The summed E-state index contributed by atoms with van der Waals surface area (Å²) in [4.78, 5) is 2.42. The third-order valence-corrected chi connectivity index (χ3v) is 3.91. The lowest BCUT2D eigenvalue weighted by Crippen LogP contribution is -2.37. The number of nitrogens with zero attached hydrogens (tertiary/aromatic N) is 1. The van der Waals surface area contributed by atoms with Crippen molar-refractivity contribution in [1.82, 2.24) is 10.2 Å². The van der Waals surface area contributed by atoms with Crippen LogP contribution < -0.4 is 5.32 Å². The van der Waals surface area contributed by atoms with E-state index in [4.69, 9.17) is 0 Å². The fourth-order valence-corrected chi connectivity index (χ4v) is 2.58. The Bertz CT molecular complexity index is 439. The normalized spacial score (nSPS) is 18.2. The number of aliphatic hydroxyl groups excluding tert-OH is 1. The van der Waals surface area contributed by atoms with E-state index in [0.29, 0.717) is 5.56 Å². The predicted octanol–water partition coefficient (Wildman–Crippen LogP) is 1.63. The molecule has 0 spiro atoms. The van der Waals surface area contributed by atoms with Gasteiger partial charge < -0.3 is 25.5 Å². The zero-order chi connectivity index (χ0) is 14.5. The summed E-state index contributed by atoms with van der Waals surface area (Å²) in [5.41, 5.74) is 0.599. The number of benzene rings is 1. The van der Waals surface area contributed by atoms with Gasteiger partial charge in [-0.3, -0.25) is 0 Å². The van der Waals surface area contributed by atoms with Crippen molar-refractivity contribution >= 4 is 12.4 Å². The number of phenolic OH excluding ortho intramolecular Hbond substituents is 2. The molecule has 1 saturated heterocycles. The Morgan fingerprint density at radius 1 is 1.19 bits per heavy atom. The van der Waals surface area contributed by atoms with Gasteiger partial charge in [0.15, 0.2) is 11.5 Å². The summed E-state index contributed by atoms with van der Waals surface area (Å²) in [5.74, 6) is -0.374. The van der Waals surface area contributed by atoms with E-state index in [0.717, 1.165) is 13.1 Å². The monoisotopic (exact) mass is 316 g/mol. The van der Waals surface area contributed by atoms with E-state index in [1.165, 1.54) is 38.1 Å². The summed E-state index contributed by atoms with van der Waals surface area (Å²) in [6.07, 6.45) is 1.86. The molecule has 0 amide bonds. The Labute approximate surface area is 132 Å². The first-order chi connectivity index (χ1) is 9.58. The zero-order valence-corrected chi connectivity index (χ0v) is 13.1. The number of aliphatic hydroxyl groups is 1. The van der Waals surface area contributed by atoms with Crippen molar-refractivity contribution in [3.05, 3.63) is 23.8 Å². The minimum atomic E-state index is -0.708. The second-order valence-corrected chi connectivity index (χ2v) is 5.48. The molecule has 4 N–H and O–H groups in total. The topological polar surface area (TPSA) is 76.0 Å². The summed E-state index contributed by atoms with van der Waals surface area (Å²) >= 11 is 0. The number of likely N-dealkylation sites (tertiary alicyclic amines) is 1. The molecule has 120 valence electrons. The molecule has 0 aliphatic carbocycles. The summed E-state index contributed by atoms with van der Waals surface area (Å²) in [5, 5.41) is 32.3. The van der Waals surface area contributed by atoms with E-state index in [2.05, 4.69) is 10.2 Å². The van der Waals surface area contributed by atoms with Gasteiger partial charge in [-0.15, -0.1) is 12.4 Å². The highest BCUT2D eigenvalue weighted by atomic mass is 35.5. The molecule has 1 aliphatic rings. The average molecular weight is 317 g/mol. The van der Waals surface area contributed by atoms with Crippen LogP contribution in [0, 0.1) is 0 Å². The van der Waals surface area contributed by atoms with Crippen LogP contribution in [0.3, 0.4) is 0 Å². The van der Waals surface area contributed by atoms with Crippen LogP contribution in [0.15, 0.2) is 18.2 Å². The van der Waals surface area contributed by atoms with Gasteiger partial charge in [0.2, 0.25) is 0 Å². The first-order valence-electron chi connectivity index (χ1n) is 7.23. The van der Waals surface area contributed by atoms with Crippen LogP contribution in [0.5, 0.6) is 11.5 Å². The molecule has 1 aromatic carbocycles. The molecule has 1 fully saturated rings. The Morgan fingerprint density at radius 2 is 1.86 bits per heavy atom. The van der Waals surface area contributed by atoms with Crippen LogP contribution in [0.2, 0.25) is 0 Å². The fraction of sp³-hybridized carbons (Fsp3) is 0.600. The van der Waals surface area contributed by atoms with Gasteiger partial charge in [0, 0.05) is 19.1 Å². The first-order valence-corrected chi connectivity index (χ1v) is 7.23. The molecule has 1 heterocycles. The summed E-state index contributed by atoms with van der Waals surface area (Å²) in [6.45, 7) is 6.09. The second kappa shape index (κ2) is 8.44. The molecule has 1 aliphatic heterocycles. The SMILES string of the molecule is CC(NCCN1CCCC1)C(O)c1ccc(O)c(O)c1.Cl. The third kappa shape index (κ3) is 5.04. The van der Waals surface area contributed by atoms with Crippen LogP contribution in [-0.4, -0.2) is 52.4 Å². The van der Waals surface area contributed by atoms with E-state index in [1.807, 2.05) is 6.92 Å². The Balaban J connectivity index is 0.00000220. The van der Waals surface area contributed by atoms with Gasteiger partial charge in [0.25, 0.3) is 0 Å². The maximum Gasteiger partial charge on any atom is 0.157 e. The minimum Gasteiger partial charge on any atom is -0.504 e. The highest BCUT2D eigenvalue weighted by Gasteiger charge is 2.18. The standard InChI is InChI=1S/C15H24N2O3.ClH/c1-11(16-6-9-17-7-2-3-8-17)15(20)12-4-5-13(18)14(19)10-12;/h4-5,10-11,15-16,18-20H,2-3,6-9H2,1H3;1H. The largest absolute Gasteiger partial charge is 0.504 e. The molecule has 0 aromatic heterocycles. The Hall–Kier alpha value is -1.01. The average Bonchev–Trinajstić information content (AvgIpc) is 2.94. The zero-order valence-electron chi connectivity index (χ0n) is 12.3. The van der Waals surface area contributed by atoms with E-state index in [9.17, 15) is 15.3 Å². The second-order valence-electron chi connectivity index (χ2n) is 5.48. The van der Waals surface area contributed by atoms with Crippen molar-refractivity contribution in [2.75, 3.05) is 26.2 Å². The third-order valence-electron chi connectivity index (χ3n) is 3.91. The van der Waals surface area contributed by atoms with Crippen LogP contribution in [0.25, 0.3) is 0 Å². The maximum atomic E-state index is 10.2. The first kappa shape index (κ1) is 18.0. The molecule has 6 heteroatoms. The van der Waals surface area contributed by atoms with E-state index < -0.39 is 6.10 Å². The smallest absolute Gasteiger partial charge is 0.157 e. The fourth-order valence-electron chi connectivity index (χ4n) is 2.58. The van der Waals surface area contributed by atoms with Crippen molar-refractivity contribution in [3.63, 3.8) is 0 Å². The molecule has 0 saturated carbocycles. The summed E-state index contributed by atoms with van der Waals surface area (Å²) < 4.78 is 0. The number of aromatic hydroxyl groups is 2. The predicted molar refractivity (Wildman–Crippen MR) is 85.1 cm³/mol. The van der Waals surface area contributed by atoms with Crippen LogP contribution in [0.4, 0.5) is 0 Å². The highest BCUT2D eigenvalue weighted by molar-refractivity contribution is 5.85. The molecule has 2 atom stereocenters. The van der Waals surface area contributed by atoms with Crippen molar-refractivity contribution < 1.29 is 15.3 Å². The molecular formula is C15H25ClN2O3. The number of nitrogens with one attached hydrogen (secondary N) is 1. The van der Waals surface area contributed by atoms with Crippen molar-refractivity contribution in [2.45, 2.75) is 31.9 Å². The molecule has 21 heavy (non-hydrogen) atoms. The van der Waals surface area contributed by atoms with Gasteiger partial charge in [0.05, 0.1) is 6.10 Å². The lowest BCUT2D eigenvalue weighted by molar-refractivity contribution is 0.134. The van der Waals surface area contributed by atoms with Crippen LogP contribution in [0.1, 0.15) is 31.4 Å². The number of hydrogen-bond acceptors (Lipinski definition) is 5. The summed E-state index contributed by atoms with van der Waals surface area (Å²) in [7, 11) is 0. The van der Waals surface area contributed by atoms with Crippen LogP contribution in [-0.2, 0) is 0 Å². The van der Waals surface area contributed by atoms with Gasteiger partial charge in [-0.25, -0.2) is 0 Å². The van der Waals surface area contributed by atoms with E-state index in [1.54, 1.807) is 6.07 Å².